The van der Waals surface area contributed by atoms with Gasteiger partial charge in [0.05, 0.1) is 0 Å². The van der Waals surface area contributed by atoms with Crippen molar-refractivity contribution in [3.8, 4) is 0 Å². The van der Waals surface area contributed by atoms with E-state index in [2.05, 4.69) is 45.1 Å². The van der Waals surface area contributed by atoms with Crippen LogP contribution in [0.25, 0.3) is 0 Å². The molecule has 0 fully saturated rings. The Morgan fingerprint density at radius 2 is 0.486 bits per heavy atom. The third-order valence-electron chi connectivity index (χ3n) is 15.2. The summed E-state index contributed by atoms with van der Waals surface area (Å²) in [4.78, 5) is 38.1. The van der Waals surface area contributed by atoms with Crippen molar-refractivity contribution in [2.45, 2.75) is 380 Å². The highest BCUT2D eigenvalue weighted by Gasteiger charge is 2.19. The Morgan fingerprint density at radius 3 is 0.743 bits per heavy atom. The zero-order chi connectivity index (χ0) is 53.6. The second-order valence-corrected chi connectivity index (χ2v) is 22.7. The number of hydrogen-bond acceptors (Lipinski definition) is 6. The highest BCUT2D eigenvalue weighted by atomic mass is 16.6. The molecule has 6 heteroatoms. The number of esters is 3. The van der Waals surface area contributed by atoms with Crippen LogP contribution in [0.4, 0.5) is 0 Å². The summed E-state index contributed by atoms with van der Waals surface area (Å²) in [5.41, 5.74) is 0. The molecule has 0 aliphatic carbocycles. The van der Waals surface area contributed by atoms with Crippen molar-refractivity contribution in [1.82, 2.24) is 0 Å². The van der Waals surface area contributed by atoms with E-state index in [0.717, 1.165) is 64.2 Å². The van der Waals surface area contributed by atoms with E-state index in [1.54, 1.807) is 0 Å². The van der Waals surface area contributed by atoms with Crippen LogP contribution in [0, 0.1) is 0 Å². The Hall–Kier alpha value is -2.11. The summed E-state index contributed by atoms with van der Waals surface area (Å²) in [6.45, 7) is 6.66. The molecule has 0 N–H and O–H groups in total. The van der Waals surface area contributed by atoms with Crippen LogP contribution < -0.4 is 0 Å². The Balaban J connectivity index is 4.04. The largest absolute Gasteiger partial charge is 0.462 e. The van der Waals surface area contributed by atoms with Gasteiger partial charge in [-0.15, -0.1) is 0 Å². The summed E-state index contributed by atoms with van der Waals surface area (Å²) in [5.74, 6) is -0.845. The van der Waals surface area contributed by atoms with Crippen molar-refractivity contribution in [3.05, 3.63) is 24.3 Å². The van der Waals surface area contributed by atoms with E-state index in [4.69, 9.17) is 14.2 Å². The van der Waals surface area contributed by atoms with Crippen molar-refractivity contribution >= 4 is 17.9 Å². The van der Waals surface area contributed by atoms with E-state index >= 15 is 0 Å². The quantitative estimate of drug-likeness (QED) is 0.0261. The van der Waals surface area contributed by atoms with Gasteiger partial charge in [0.2, 0.25) is 0 Å². The van der Waals surface area contributed by atoms with E-state index in [1.165, 1.54) is 270 Å². The lowest BCUT2D eigenvalue weighted by Gasteiger charge is -2.18. The first-order chi connectivity index (χ1) is 36.5. The average Bonchev–Trinajstić information content (AvgIpc) is 3.40. The van der Waals surface area contributed by atoms with Gasteiger partial charge in [-0.1, -0.05) is 328 Å². The molecule has 1 atom stereocenters. The normalized spacial score (nSPS) is 12.1. The minimum Gasteiger partial charge on any atom is -0.462 e. The van der Waals surface area contributed by atoms with E-state index in [0.29, 0.717) is 19.3 Å². The number of rotatable bonds is 62. The number of unbranched alkanes of at least 4 members (excludes halogenated alkanes) is 47. The van der Waals surface area contributed by atoms with Gasteiger partial charge in [-0.3, -0.25) is 14.4 Å². The second kappa shape index (κ2) is 63.4. The summed E-state index contributed by atoms with van der Waals surface area (Å²) in [6.07, 6.45) is 76.5. The molecule has 1 unspecified atom stereocenters. The third kappa shape index (κ3) is 60.8. The van der Waals surface area contributed by atoms with Gasteiger partial charge in [0.15, 0.2) is 6.10 Å². The zero-order valence-corrected chi connectivity index (χ0v) is 50.1. The lowest BCUT2D eigenvalue weighted by molar-refractivity contribution is -0.167. The fourth-order valence-corrected chi connectivity index (χ4v) is 10.2. The smallest absolute Gasteiger partial charge is 0.306 e. The number of allylic oxidation sites excluding steroid dienone is 4. The van der Waals surface area contributed by atoms with Crippen LogP contribution in [0.5, 0.6) is 0 Å². The molecule has 436 valence electrons. The summed E-state index contributed by atoms with van der Waals surface area (Å²) < 4.78 is 16.9. The maximum Gasteiger partial charge on any atom is 0.306 e. The summed E-state index contributed by atoms with van der Waals surface area (Å²) in [6, 6.07) is 0. The highest BCUT2D eigenvalue weighted by Crippen LogP contribution is 2.18. The number of carbonyl (C=O) groups excluding carboxylic acids is 3. The van der Waals surface area contributed by atoms with Gasteiger partial charge in [0, 0.05) is 19.3 Å². The van der Waals surface area contributed by atoms with Crippen LogP contribution in [-0.2, 0) is 28.6 Å². The molecule has 0 spiro atoms. The fourth-order valence-electron chi connectivity index (χ4n) is 10.2. The minimum absolute atomic E-state index is 0.0652. The molecule has 0 rings (SSSR count). The average molecular weight is 1040 g/mol. The van der Waals surface area contributed by atoms with Gasteiger partial charge in [-0.05, 0) is 51.4 Å². The molecule has 74 heavy (non-hydrogen) atoms. The van der Waals surface area contributed by atoms with Crippen molar-refractivity contribution in [1.29, 1.82) is 0 Å². The number of carbonyl (C=O) groups is 3. The van der Waals surface area contributed by atoms with Crippen LogP contribution in [0.2, 0.25) is 0 Å². The SMILES string of the molecule is CCCCCCC/C=C\C/C=C\CCCCCCCCCCCCCCCCCC(=O)OCC(COC(=O)CCCCCCCCC)OC(=O)CCCCCCCCCCCCCCCCCCCCCCCC. The molecule has 0 aliphatic heterocycles. The first-order valence-electron chi connectivity index (χ1n) is 33.3. The van der Waals surface area contributed by atoms with Crippen LogP contribution in [-0.4, -0.2) is 37.2 Å². The molecule has 0 aromatic heterocycles. The van der Waals surface area contributed by atoms with Crippen LogP contribution >= 0.6 is 0 Å². The lowest BCUT2D eigenvalue weighted by atomic mass is 10.0. The van der Waals surface area contributed by atoms with Gasteiger partial charge in [0.25, 0.3) is 0 Å². The van der Waals surface area contributed by atoms with Gasteiger partial charge in [-0.25, -0.2) is 0 Å². The first-order valence-corrected chi connectivity index (χ1v) is 33.3. The van der Waals surface area contributed by atoms with Gasteiger partial charge in [-0.2, -0.15) is 0 Å². The Kier molecular flexibility index (Phi) is 61.6. The standard InChI is InChI=1S/C68H128O6/c1-4-7-10-13-16-18-20-22-24-26-28-30-32-33-34-35-36-38-39-41-43-45-47-49-52-55-58-61-67(70)73-64-65(63-72-66(69)60-57-54-51-15-12-9-6-3)74-68(71)62-59-56-53-50-48-46-44-42-40-37-31-29-27-25-23-21-19-17-14-11-8-5-2/h20,22,26,28,65H,4-19,21,23-25,27,29-64H2,1-3H3/b22-20-,28-26-. The van der Waals surface area contributed by atoms with Crippen LogP contribution in [0.3, 0.4) is 0 Å². The lowest BCUT2D eigenvalue weighted by Crippen LogP contribution is -2.30. The highest BCUT2D eigenvalue weighted by molar-refractivity contribution is 5.71. The van der Waals surface area contributed by atoms with Crippen LogP contribution in [0.15, 0.2) is 24.3 Å². The van der Waals surface area contributed by atoms with Gasteiger partial charge < -0.3 is 14.2 Å². The van der Waals surface area contributed by atoms with Crippen molar-refractivity contribution in [2.24, 2.45) is 0 Å². The topological polar surface area (TPSA) is 78.9 Å². The van der Waals surface area contributed by atoms with Crippen molar-refractivity contribution in [2.75, 3.05) is 13.2 Å². The molecule has 0 aromatic carbocycles. The van der Waals surface area contributed by atoms with E-state index in [1.807, 2.05) is 0 Å². The molecule has 0 saturated heterocycles. The molecule has 0 radical (unpaired) electrons. The molecule has 0 heterocycles. The Labute approximate surface area is 462 Å². The van der Waals surface area contributed by atoms with Crippen molar-refractivity contribution in [3.63, 3.8) is 0 Å². The maximum absolute atomic E-state index is 12.9. The molecule has 0 amide bonds. The number of ether oxygens (including phenoxy) is 3. The third-order valence-corrected chi connectivity index (χ3v) is 15.2. The molecular formula is C68H128O6. The molecular weight excluding hydrogens is 913 g/mol. The minimum atomic E-state index is -0.765. The van der Waals surface area contributed by atoms with Gasteiger partial charge >= 0.3 is 17.9 Å². The molecule has 0 aromatic rings. The maximum atomic E-state index is 12.9. The summed E-state index contributed by atoms with van der Waals surface area (Å²) in [5, 5.41) is 0. The van der Waals surface area contributed by atoms with Gasteiger partial charge in [0.1, 0.15) is 13.2 Å². The molecule has 0 bridgehead atoms. The molecule has 0 saturated carbocycles. The monoisotopic (exact) mass is 1040 g/mol. The number of hydrogen-bond donors (Lipinski definition) is 0. The fraction of sp³-hybridized carbons (Fsp3) is 0.897. The second-order valence-electron chi connectivity index (χ2n) is 22.7. The summed E-state index contributed by atoms with van der Waals surface area (Å²) >= 11 is 0. The Morgan fingerprint density at radius 1 is 0.270 bits per heavy atom. The molecule has 0 aliphatic rings. The molecule has 6 nitrogen and oxygen atoms in total. The van der Waals surface area contributed by atoms with Crippen LogP contribution in [0.1, 0.15) is 374 Å². The summed E-state index contributed by atoms with van der Waals surface area (Å²) in [7, 11) is 0. The van der Waals surface area contributed by atoms with Crippen molar-refractivity contribution < 1.29 is 28.6 Å². The van der Waals surface area contributed by atoms with E-state index in [-0.39, 0.29) is 31.1 Å². The van der Waals surface area contributed by atoms with E-state index < -0.39 is 6.10 Å². The predicted molar refractivity (Wildman–Crippen MR) is 321 cm³/mol. The zero-order valence-electron chi connectivity index (χ0n) is 50.1. The van der Waals surface area contributed by atoms with E-state index in [9.17, 15) is 14.4 Å². The first kappa shape index (κ1) is 71.9. The Bertz CT molecular complexity index is 1190. The predicted octanol–water partition coefficient (Wildman–Crippen LogP) is 22.6.